The number of ether oxygens (including phenoxy) is 1. The number of hydrogen-bond acceptors (Lipinski definition) is 2. The van der Waals surface area contributed by atoms with Crippen molar-refractivity contribution in [3.8, 4) is 0 Å². The summed E-state index contributed by atoms with van der Waals surface area (Å²) in [6, 6.07) is 10.2. The van der Waals surface area contributed by atoms with Crippen LogP contribution in [0.5, 0.6) is 0 Å². The normalized spacial score (nSPS) is 18.7. The molecular weight excluding hydrogens is 193 g/mol. The Labute approximate surface area is 88.8 Å². The van der Waals surface area contributed by atoms with Crippen LogP contribution in [-0.2, 0) is 4.74 Å². The Hall–Kier alpha value is -1.61. The molecule has 2 rings (SSSR count). The molecular formula is C12H14FNO. The minimum absolute atomic E-state index is 0. The largest absolute Gasteiger partial charge is 0.358 e. The number of allylic oxidation sites excluding steroid dienone is 2. The third-order valence-corrected chi connectivity index (χ3v) is 2.20. The summed E-state index contributed by atoms with van der Waals surface area (Å²) >= 11 is 0. The fourth-order valence-corrected chi connectivity index (χ4v) is 1.50. The van der Waals surface area contributed by atoms with Crippen molar-refractivity contribution in [2.24, 2.45) is 0 Å². The van der Waals surface area contributed by atoms with Gasteiger partial charge >= 0.3 is 0 Å². The summed E-state index contributed by atoms with van der Waals surface area (Å²) in [4.78, 5) is 2.08. The van der Waals surface area contributed by atoms with Crippen LogP contribution in [0, 0.1) is 0 Å². The number of methoxy groups -OCH3 is 1. The van der Waals surface area contributed by atoms with Gasteiger partial charge in [-0.05, 0) is 24.3 Å². The molecule has 2 nitrogen and oxygen atoms in total. The lowest BCUT2D eigenvalue weighted by molar-refractivity contribution is 0.144. The van der Waals surface area contributed by atoms with Crippen LogP contribution in [-0.4, -0.2) is 13.3 Å². The Bertz CT molecular complexity index is 348. The highest BCUT2D eigenvalue weighted by molar-refractivity contribution is 5.51. The zero-order valence-corrected chi connectivity index (χ0v) is 8.54. The fraction of sp³-hybridized carbons (Fsp3) is 0.167. The third kappa shape index (κ3) is 2.44. The molecule has 1 heterocycles. The topological polar surface area (TPSA) is 12.5 Å². The van der Waals surface area contributed by atoms with Gasteiger partial charge in [-0.2, -0.15) is 0 Å². The van der Waals surface area contributed by atoms with Crippen molar-refractivity contribution < 1.29 is 9.44 Å². The molecule has 1 unspecified atom stereocenters. The number of nitrogens with zero attached hydrogens (tertiary/aromatic N) is 1. The van der Waals surface area contributed by atoms with E-state index in [0.29, 0.717) is 0 Å². The van der Waals surface area contributed by atoms with Crippen LogP contribution in [0.15, 0.2) is 54.8 Å². The first-order chi connectivity index (χ1) is 6.92. The standard InChI is InChI=1S/C12H13NO.FH/c1-14-12-9-5-6-10-13(12)11-7-3-2-4-8-11;/h2-10,12H,1H3;1H. The Balaban J connectivity index is 0.00000112. The predicted molar refractivity (Wildman–Crippen MR) is 60.5 cm³/mol. The van der Waals surface area contributed by atoms with Crippen molar-refractivity contribution in [2.75, 3.05) is 12.0 Å². The minimum atomic E-state index is 0. The number of hydrogen-bond donors (Lipinski definition) is 0. The van der Waals surface area contributed by atoms with Crippen LogP contribution in [0.25, 0.3) is 0 Å². The molecule has 80 valence electrons. The summed E-state index contributed by atoms with van der Waals surface area (Å²) in [5.74, 6) is 0. The molecule has 0 bridgehead atoms. The monoisotopic (exact) mass is 207 g/mol. The zero-order valence-electron chi connectivity index (χ0n) is 8.54. The first-order valence-electron chi connectivity index (χ1n) is 4.63. The summed E-state index contributed by atoms with van der Waals surface area (Å²) in [7, 11) is 1.71. The average Bonchev–Trinajstić information content (AvgIpc) is 2.30. The number of halogens is 1. The maximum atomic E-state index is 5.35. The summed E-state index contributed by atoms with van der Waals surface area (Å²) < 4.78 is 5.35. The van der Waals surface area contributed by atoms with Gasteiger partial charge < -0.3 is 9.64 Å². The third-order valence-electron chi connectivity index (χ3n) is 2.20. The van der Waals surface area contributed by atoms with E-state index in [1.165, 1.54) is 0 Å². The predicted octanol–water partition coefficient (Wildman–Crippen LogP) is 2.70. The van der Waals surface area contributed by atoms with Gasteiger partial charge in [0, 0.05) is 19.0 Å². The molecule has 1 aromatic rings. The minimum Gasteiger partial charge on any atom is -0.358 e. The van der Waals surface area contributed by atoms with Crippen molar-refractivity contribution >= 4 is 5.69 Å². The molecule has 0 saturated heterocycles. The molecule has 0 saturated carbocycles. The van der Waals surface area contributed by atoms with Crippen molar-refractivity contribution in [1.82, 2.24) is 0 Å². The Morgan fingerprint density at radius 3 is 2.53 bits per heavy atom. The van der Waals surface area contributed by atoms with Crippen molar-refractivity contribution in [3.63, 3.8) is 0 Å². The number of anilines is 1. The summed E-state index contributed by atoms with van der Waals surface area (Å²) in [5, 5.41) is 0. The maximum Gasteiger partial charge on any atom is 0.153 e. The van der Waals surface area contributed by atoms with E-state index in [-0.39, 0.29) is 10.9 Å². The second-order valence-electron chi connectivity index (χ2n) is 3.10. The summed E-state index contributed by atoms with van der Waals surface area (Å²) in [5.41, 5.74) is 1.14. The van der Waals surface area contributed by atoms with Gasteiger partial charge in [-0.25, -0.2) is 0 Å². The quantitative estimate of drug-likeness (QED) is 0.739. The summed E-state index contributed by atoms with van der Waals surface area (Å²) in [6.45, 7) is 0. The van der Waals surface area contributed by atoms with Crippen LogP contribution >= 0.6 is 0 Å². The van der Waals surface area contributed by atoms with Gasteiger partial charge in [0.2, 0.25) is 0 Å². The summed E-state index contributed by atoms with van der Waals surface area (Å²) in [6.07, 6.45) is 8.04. The van der Waals surface area contributed by atoms with E-state index in [1.807, 2.05) is 42.6 Å². The van der Waals surface area contributed by atoms with Gasteiger partial charge in [-0.3, -0.25) is 4.70 Å². The van der Waals surface area contributed by atoms with Crippen LogP contribution in [0.2, 0.25) is 0 Å². The first-order valence-corrected chi connectivity index (χ1v) is 4.63. The van der Waals surface area contributed by atoms with E-state index >= 15 is 0 Å². The number of para-hydroxylation sites is 1. The van der Waals surface area contributed by atoms with Gasteiger partial charge in [0.25, 0.3) is 0 Å². The Morgan fingerprint density at radius 2 is 1.87 bits per heavy atom. The fourth-order valence-electron chi connectivity index (χ4n) is 1.50. The molecule has 1 atom stereocenters. The van der Waals surface area contributed by atoms with Gasteiger partial charge in [0.05, 0.1) is 0 Å². The molecule has 0 aliphatic carbocycles. The molecule has 15 heavy (non-hydrogen) atoms. The van der Waals surface area contributed by atoms with Crippen LogP contribution < -0.4 is 4.90 Å². The average molecular weight is 207 g/mol. The number of rotatable bonds is 2. The molecule has 0 N–H and O–H groups in total. The highest BCUT2D eigenvalue weighted by Crippen LogP contribution is 2.20. The highest BCUT2D eigenvalue weighted by atomic mass is 19.0. The van der Waals surface area contributed by atoms with E-state index in [0.717, 1.165) is 5.69 Å². The SMILES string of the molecule is COC1C=CC=CN1c1ccccc1.F. The highest BCUT2D eigenvalue weighted by Gasteiger charge is 2.14. The van der Waals surface area contributed by atoms with E-state index in [2.05, 4.69) is 17.0 Å². The van der Waals surface area contributed by atoms with Crippen LogP contribution in [0.1, 0.15) is 0 Å². The molecule has 0 spiro atoms. The molecule has 0 amide bonds. The molecule has 0 radical (unpaired) electrons. The molecule has 0 fully saturated rings. The lowest BCUT2D eigenvalue weighted by Crippen LogP contribution is -2.31. The lowest BCUT2D eigenvalue weighted by atomic mass is 10.2. The van der Waals surface area contributed by atoms with E-state index in [1.54, 1.807) is 7.11 Å². The Kier molecular flexibility index (Phi) is 4.06. The van der Waals surface area contributed by atoms with Crippen molar-refractivity contribution in [3.05, 3.63) is 54.8 Å². The zero-order chi connectivity index (χ0) is 9.80. The van der Waals surface area contributed by atoms with Gasteiger partial charge in [-0.15, -0.1) is 0 Å². The molecule has 1 aliphatic rings. The van der Waals surface area contributed by atoms with E-state index in [4.69, 9.17) is 4.74 Å². The van der Waals surface area contributed by atoms with E-state index in [9.17, 15) is 0 Å². The molecule has 1 aromatic carbocycles. The number of benzene rings is 1. The van der Waals surface area contributed by atoms with Crippen LogP contribution in [0.3, 0.4) is 0 Å². The van der Waals surface area contributed by atoms with Crippen molar-refractivity contribution in [2.45, 2.75) is 6.23 Å². The lowest BCUT2D eigenvalue weighted by Gasteiger charge is -2.28. The van der Waals surface area contributed by atoms with Crippen molar-refractivity contribution in [1.29, 1.82) is 0 Å². The molecule has 3 heteroatoms. The molecule has 0 aromatic heterocycles. The molecule has 1 aliphatic heterocycles. The van der Waals surface area contributed by atoms with Crippen LogP contribution in [0.4, 0.5) is 10.4 Å². The maximum absolute atomic E-state index is 5.35. The van der Waals surface area contributed by atoms with Gasteiger partial charge in [-0.1, -0.05) is 24.3 Å². The second-order valence-corrected chi connectivity index (χ2v) is 3.10. The Morgan fingerprint density at radius 1 is 1.13 bits per heavy atom. The first kappa shape index (κ1) is 11.5. The van der Waals surface area contributed by atoms with E-state index < -0.39 is 0 Å². The smallest absolute Gasteiger partial charge is 0.153 e. The second kappa shape index (κ2) is 5.32. The van der Waals surface area contributed by atoms with Gasteiger partial charge in [0.15, 0.2) is 6.23 Å². The van der Waals surface area contributed by atoms with Gasteiger partial charge in [0.1, 0.15) is 0 Å².